The highest BCUT2D eigenvalue weighted by molar-refractivity contribution is 7.99. The Hall–Kier alpha value is -2.10. The highest BCUT2D eigenvalue weighted by Crippen LogP contribution is 2.19. The molecule has 0 spiro atoms. The van der Waals surface area contributed by atoms with Crippen molar-refractivity contribution in [1.29, 1.82) is 0 Å². The number of imide groups is 1. The molecule has 0 fully saturated rings. The van der Waals surface area contributed by atoms with Crippen molar-refractivity contribution in [2.24, 2.45) is 11.7 Å². The molecule has 4 N–H and O–H groups in total. The zero-order valence-corrected chi connectivity index (χ0v) is 15.7. The van der Waals surface area contributed by atoms with Crippen LogP contribution >= 0.6 is 11.8 Å². The van der Waals surface area contributed by atoms with E-state index in [9.17, 15) is 14.4 Å². The molecule has 140 valence electrons. The lowest BCUT2D eigenvalue weighted by atomic mass is 10.2. The first kappa shape index (κ1) is 20.9. The zero-order valence-electron chi connectivity index (χ0n) is 14.9. The number of nitrogens with two attached hydrogens (primary N) is 1. The van der Waals surface area contributed by atoms with Gasteiger partial charge in [-0.15, -0.1) is 10.2 Å². The Balaban J connectivity index is 2.65. The van der Waals surface area contributed by atoms with Crippen LogP contribution in [0.4, 0.5) is 4.79 Å². The van der Waals surface area contributed by atoms with Crippen LogP contribution in [0, 0.1) is 5.92 Å². The number of aromatic nitrogens is 3. The van der Waals surface area contributed by atoms with Crippen LogP contribution in [0.2, 0.25) is 0 Å². The van der Waals surface area contributed by atoms with Crippen molar-refractivity contribution in [3.63, 3.8) is 0 Å². The van der Waals surface area contributed by atoms with Gasteiger partial charge in [0.05, 0.1) is 5.75 Å². The van der Waals surface area contributed by atoms with Crippen LogP contribution in [0.1, 0.15) is 39.4 Å². The first-order valence-corrected chi connectivity index (χ1v) is 9.22. The average Bonchev–Trinajstić information content (AvgIpc) is 2.90. The number of primary amides is 1. The molecule has 1 aromatic heterocycles. The number of hydrogen-bond acceptors (Lipinski definition) is 6. The van der Waals surface area contributed by atoms with E-state index in [0.29, 0.717) is 36.4 Å². The summed E-state index contributed by atoms with van der Waals surface area (Å²) in [6.07, 6.45) is 1.39. The molecule has 1 heterocycles. The van der Waals surface area contributed by atoms with Crippen LogP contribution in [0.3, 0.4) is 0 Å². The predicted octanol–water partition coefficient (Wildman–Crippen LogP) is 0.680. The van der Waals surface area contributed by atoms with E-state index in [1.54, 1.807) is 0 Å². The highest BCUT2D eigenvalue weighted by Gasteiger charge is 2.16. The summed E-state index contributed by atoms with van der Waals surface area (Å²) in [7, 11) is 0. The standard InChI is InChI=1S/C15H26N6O3S/c1-4-7-17-14(24)18-13(23)9-25-15-20-19-12(6-5-11(16)22)21(15)8-10(2)3/h10H,4-9H2,1-3H3,(H2,16,22)(H2,17,18,23,24). The lowest BCUT2D eigenvalue weighted by molar-refractivity contribution is -0.118. The second-order valence-corrected chi connectivity index (χ2v) is 6.90. The van der Waals surface area contributed by atoms with Gasteiger partial charge in [-0.25, -0.2) is 4.79 Å². The quantitative estimate of drug-likeness (QED) is 0.519. The smallest absolute Gasteiger partial charge is 0.321 e. The van der Waals surface area contributed by atoms with Gasteiger partial charge in [-0.3, -0.25) is 14.9 Å². The lowest BCUT2D eigenvalue weighted by Gasteiger charge is -2.12. The van der Waals surface area contributed by atoms with Gasteiger partial charge in [0.1, 0.15) is 5.82 Å². The number of nitrogens with one attached hydrogen (secondary N) is 2. The summed E-state index contributed by atoms with van der Waals surface area (Å²) in [6.45, 7) is 7.21. The molecule has 1 rings (SSSR count). The molecule has 0 unspecified atom stereocenters. The molecule has 25 heavy (non-hydrogen) atoms. The van der Waals surface area contributed by atoms with Gasteiger partial charge in [0, 0.05) is 25.9 Å². The number of aryl methyl sites for hydroxylation is 1. The second-order valence-electron chi connectivity index (χ2n) is 5.96. The number of nitrogens with zero attached hydrogens (tertiary/aromatic N) is 3. The Morgan fingerprint density at radius 1 is 1.28 bits per heavy atom. The van der Waals surface area contributed by atoms with Gasteiger partial charge < -0.3 is 15.6 Å². The van der Waals surface area contributed by atoms with Crippen LogP contribution < -0.4 is 16.4 Å². The van der Waals surface area contributed by atoms with E-state index in [-0.39, 0.29) is 12.2 Å². The van der Waals surface area contributed by atoms with Gasteiger partial charge >= 0.3 is 6.03 Å². The maximum atomic E-state index is 11.8. The van der Waals surface area contributed by atoms with E-state index in [4.69, 9.17) is 5.73 Å². The number of rotatable bonds is 10. The maximum absolute atomic E-state index is 11.8. The van der Waals surface area contributed by atoms with Gasteiger partial charge in [0.25, 0.3) is 0 Å². The van der Waals surface area contributed by atoms with E-state index in [1.165, 1.54) is 11.8 Å². The number of amides is 4. The maximum Gasteiger partial charge on any atom is 0.321 e. The molecule has 0 radical (unpaired) electrons. The number of carbonyl (C=O) groups excluding carboxylic acids is 3. The van der Waals surface area contributed by atoms with Crippen LogP contribution in [0.25, 0.3) is 0 Å². The number of thioether (sulfide) groups is 1. The van der Waals surface area contributed by atoms with Gasteiger partial charge in [0.2, 0.25) is 11.8 Å². The molecule has 9 nitrogen and oxygen atoms in total. The summed E-state index contributed by atoms with van der Waals surface area (Å²) in [4.78, 5) is 34.3. The van der Waals surface area contributed by atoms with Gasteiger partial charge in [-0.2, -0.15) is 0 Å². The topological polar surface area (TPSA) is 132 Å². The fourth-order valence-electron chi connectivity index (χ4n) is 1.97. The molecule has 0 aliphatic heterocycles. The van der Waals surface area contributed by atoms with Crippen LogP contribution in [0.15, 0.2) is 5.16 Å². The number of carbonyl (C=O) groups is 3. The molecule has 0 saturated heterocycles. The fourth-order valence-corrected chi connectivity index (χ4v) is 2.74. The third kappa shape index (κ3) is 8.01. The van der Waals surface area contributed by atoms with Crippen molar-refractivity contribution >= 4 is 29.6 Å². The van der Waals surface area contributed by atoms with Crippen molar-refractivity contribution < 1.29 is 14.4 Å². The van der Waals surface area contributed by atoms with Gasteiger partial charge in [0.15, 0.2) is 5.16 Å². The van der Waals surface area contributed by atoms with E-state index in [1.807, 2.05) is 11.5 Å². The van der Waals surface area contributed by atoms with Crippen molar-refractivity contribution in [3.05, 3.63) is 5.82 Å². The largest absolute Gasteiger partial charge is 0.370 e. The van der Waals surface area contributed by atoms with E-state index >= 15 is 0 Å². The Morgan fingerprint density at radius 2 is 2.00 bits per heavy atom. The van der Waals surface area contributed by atoms with E-state index in [2.05, 4.69) is 34.7 Å². The first-order chi connectivity index (χ1) is 11.8. The minimum atomic E-state index is -0.502. The molecule has 1 aromatic rings. The Kier molecular flexibility index (Phi) is 8.96. The third-order valence-electron chi connectivity index (χ3n) is 3.06. The minimum absolute atomic E-state index is 0.0472. The molecular weight excluding hydrogens is 344 g/mol. The van der Waals surface area contributed by atoms with E-state index in [0.717, 1.165) is 6.42 Å². The molecule has 10 heteroatoms. The molecule has 4 amide bonds. The van der Waals surface area contributed by atoms with Crippen molar-refractivity contribution in [2.75, 3.05) is 12.3 Å². The second kappa shape index (κ2) is 10.7. The normalized spacial score (nSPS) is 10.7. The lowest BCUT2D eigenvalue weighted by Crippen LogP contribution is -2.40. The summed E-state index contributed by atoms with van der Waals surface area (Å²) >= 11 is 1.20. The SMILES string of the molecule is CCCNC(=O)NC(=O)CSc1nnc(CCC(N)=O)n1CC(C)C. The molecule has 0 atom stereocenters. The van der Waals surface area contributed by atoms with Gasteiger partial charge in [-0.1, -0.05) is 32.5 Å². The minimum Gasteiger partial charge on any atom is -0.370 e. The Bertz CT molecular complexity index is 602. The van der Waals surface area contributed by atoms with Crippen molar-refractivity contribution in [2.45, 2.75) is 51.7 Å². The Labute approximate surface area is 151 Å². The average molecular weight is 370 g/mol. The highest BCUT2D eigenvalue weighted by atomic mass is 32.2. The third-order valence-corrected chi connectivity index (χ3v) is 4.02. The summed E-state index contributed by atoms with van der Waals surface area (Å²) in [5.41, 5.74) is 5.19. The first-order valence-electron chi connectivity index (χ1n) is 8.24. The van der Waals surface area contributed by atoms with Crippen LogP contribution in [-0.4, -0.2) is 44.9 Å². The summed E-state index contributed by atoms with van der Waals surface area (Å²) in [5, 5.41) is 13.6. The summed E-state index contributed by atoms with van der Waals surface area (Å²) in [6, 6.07) is -0.502. The predicted molar refractivity (Wildman–Crippen MR) is 94.9 cm³/mol. The number of urea groups is 1. The zero-order chi connectivity index (χ0) is 18.8. The van der Waals surface area contributed by atoms with Crippen LogP contribution in [-0.2, 0) is 22.6 Å². The molecule has 0 saturated carbocycles. The fraction of sp³-hybridized carbons (Fsp3) is 0.667. The molecule has 0 bridgehead atoms. The van der Waals surface area contributed by atoms with E-state index < -0.39 is 17.8 Å². The Morgan fingerprint density at radius 3 is 2.60 bits per heavy atom. The van der Waals surface area contributed by atoms with Crippen molar-refractivity contribution in [3.8, 4) is 0 Å². The molecule has 0 aliphatic carbocycles. The molecule has 0 aromatic carbocycles. The number of hydrogen-bond donors (Lipinski definition) is 3. The summed E-state index contributed by atoms with van der Waals surface area (Å²) in [5.74, 6) is 0.251. The summed E-state index contributed by atoms with van der Waals surface area (Å²) < 4.78 is 1.89. The monoisotopic (exact) mass is 370 g/mol. The van der Waals surface area contributed by atoms with Crippen molar-refractivity contribution in [1.82, 2.24) is 25.4 Å². The molecular formula is C15H26N6O3S. The van der Waals surface area contributed by atoms with Gasteiger partial charge in [-0.05, 0) is 12.3 Å². The molecule has 0 aliphatic rings. The van der Waals surface area contributed by atoms with Crippen LogP contribution in [0.5, 0.6) is 0 Å².